The van der Waals surface area contributed by atoms with E-state index >= 15 is 0 Å². The maximum atomic E-state index is 5.27. The van der Waals surface area contributed by atoms with Crippen LogP contribution >= 0.6 is 11.4 Å². The standard InChI is InChI=1S/C6H15O2PS2.C4H11O2PS2.Cu/c1-5(2)7-9(10,11)8-6(3)4;1-3-5-7(8,9)6-4-2;/h5-6H,1-4H3,(H,10,11);3-4H2,1-2H3,(H,8,9);/q;;+2/p-2. The van der Waals surface area contributed by atoms with Crippen molar-refractivity contribution in [2.45, 2.75) is 53.8 Å². The Morgan fingerprint density at radius 1 is 0.810 bits per heavy atom. The first-order valence-corrected chi connectivity index (χ1v) is 13.5. The zero-order chi connectivity index (χ0) is 16.4. The third-order valence-corrected chi connectivity index (χ3v) is 6.06. The zero-order valence-corrected chi connectivity index (χ0v) is 19.0. The maximum absolute atomic E-state index is 5.27. The van der Waals surface area contributed by atoms with Crippen LogP contribution in [0.2, 0.25) is 0 Å². The summed E-state index contributed by atoms with van der Waals surface area (Å²) in [6.45, 7) is 12.4. The van der Waals surface area contributed by atoms with Crippen molar-refractivity contribution < 1.29 is 35.2 Å². The van der Waals surface area contributed by atoms with Crippen molar-refractivity contribution in [1.29, 1.82) is 0 Å². The van der Waals surface area contributed by atoms with Gasteiger partial charge in [0, 0.05) is 13.2 Å². The topological polar surface area (TPSA) is 36.9 Å². The van der Waals surface area contributed by atoms with Gasteiger partial charge in [-0.25, -0.2) is 0 Å². The summed E-state index contributed by atoms with van der Waals surface area (Å²) in [5.41, 5.74) is -4.66. The van der Waals surface area contributed by atoms with E-state index in [0.717, 1.165) is 0 Å². The molecule has 0 rings (SSSR count). The van der Waals surface area contributed by atoms with Crippen molar-refractivity contribution in [3.63, 3.8) is 0 Å². The largest absolute Gasteiger partial charge is 2.00 e. The third-order valence-electron chi connectivity index (χ3n) is 1.25. The first-order chi connectivity index (χ1) is 8.95. The molecule has 0 aromatic heterocycles. The molecule has 0 aliphatic heterocycles. The molecular formula is C10H24CuO4P2S4. The molecule has 0 N–H and O–H groups in total. The molecule has 0 unspecified atom stereocenters. The van der Waals surface area contributed by atoms with E-state index in [4.69, 9.17) is 66.2 Å². The summed E-state index contributed by atoms with van der Waals surface area (Å²) in [5, 5.41) is 0. The average Bonchev–Trinajstić information content (AvgIpc) is 2.12. The molecule has 0 aliphatic carbocycles. The molecule has 0 atom stereocenters. The van der Waals surface area contributed by atoms with Crippen LogP contribution in [0.3, 0.4) is 0 Å². The molecule has 11 heteroatoms. The smallest absolute Gasteiger partial charge is 0.691 e. The summed E-state index contributed by atoms with van der Waals surface area (Å²) in [6.07, 6.45) is 0.106. The third kappa shape index (κ3) is 22.4. The van der Waals surface area contributed by atoms with E-state index in [-0.39, 0.29) is 29.3 Å². The Labute approximate surface area is 160 Å². The van der Waals surface area contributed by atoms with Crippen LogP contribution in [0.1, 0.15) is 41.5 Å². The van der Waals surface area contributed by atoms with Crippen LogP contribution in [-0.4, -0.2) is 25.4 Å². The van der Waals surface area contributed by atoms with Crippen molar-refractivity contribution in [3.8, 4) is 0 Å². The molecule has 0 heterocycles. The average molecular weight is 462 g/mol. The number of hydrogen-bond donors (Lipinski definition) is 0. The molecule has 0 aliphatic rings. The van der Waals surface area contributed by atoms with E-state index in [9.17, 15) is 0 Å². The molecule has 4 nitrogen and oxygen atoms in total. The molecule has 0 amide bonds. The van der Waals surface area contributed by atoms with E-state index in [2.05, 4.69) is 0 Å². The van der Waals surface area contributed by atoms with E-state index in [0.29, 0.717) is 13.2 Å². The summed E-state index contributed by atoms with van der Waals surface area (Å²) in [7, 11) is 0. The second-order valence-corrected chi connectivity index (χ2v) is 13.9. The molecule has 133 valence electrons. The second kappa shape index (κ2) is 14.7. The molecule has 0 spiro atoms. The number of rotatable bonds is 8. The quantitative estimate of drug-likeness (QED) is 0.298. The van der Waals surface area contributed by atoms with E-state index < -0.39 is 11.4 Å². The molecule has 0 aromatic rings. The molecule has 0 saturated heterocycles. The zero-order valence-electron chi connectivity index (χ0n) is 13.0. The molecule has 0 bridgehead atoms. The minimum absolute atomic E-state index is 0. The van der Waals surface area contributed by atoms with Gasteiger partial charge in [0.05, 0.1) is 23.6 Å². The maximum Gasteiger partial charge on any atom is 2.00 e. The van der Waals surface area contributed by atoms with Gasteiger partial charge in [0.1, 0.15) is 0 Å². The number of hydrogen-bond acceptors (Lipinski definition) is 8. The molecule has 0 aromatic carbocycles. The van der Waals surface area contributed by atoms with Gasteiger partial charge < -0.3 is 42.6 Å². The second-order valence-electron chi connectivity index (χ2n) is 4.04. The molecule has 0 saturated carbocycles. The monoisotopic (exact) mass is 461 g/mol. The SMILES string of the molecule is CC(C)OP(=S)([S-])OC(C)C.CCOP(=S)([S-])OCC.[Cu+2]. The molecule has 21 heavy (non-hydrogen) atoms. The van der Waals surface area contributed by atoms with Gasteiger partial charge >= 0.3 is 17.1 Å². The summed E-state index contributed by atoms with van der Waals surface area (Å²) in [4.78, 5) is 0. The van der Waals surface area contributed by atoms with Crippen molar-refractivity contribution >= 4 is 59.5 Å². The minimum atomic E-state index is -2.39. The van der Waals surface area contributed by atoms with Crippen molar-refractivity contribution in [2.75, 3.05) is 13.2 Å². The van der Waals surface area contributed by atoms with Gasteiger partial charge in [-0.05, 0) is 41.5 Å². The molecule has 1 radical (unpaired) electrons. The van der Waals surface area contributed by atoms with E-state index in [1.807, 2.05) is 41.5 Å². The van der Waals surface area contributed by atoms with Gasteiger partial charge in [-0.3, -0.25) is 0 Å². The normalized spacial score (nSPS) is 11.9. The van der Waals surface area contributed by atoms with Gasteiger partial charge in [-0.1, -0.05) is 23.6 Å². The predicted molar refractivity (Wildman–Crippen MR) is 99.0 cm³/mol. The Morgan fingerprint density at radius 3 is 1.29 bits per heavy atom. The van der Waals surface area contributed by atoms with Gasteiger partial charge in [0.2, 0.25) is 0 Å². The van der Waals surface area contributed by atoms with Crippen LogP contribution in [0.25, 0.3) is 0 Å². The fourth-order valence-electron chi connectivity index (χ4n) is 0.895. The molecule has 0 fully saturated rings. The van der Waals surface area contributed by atoms with Crippen molar-refractivity contribution in [3.05, 3.63) is 0 Å². The Kier molecular flexibility index (Phi) is 19.7. The van der Waals surface area contributed by atoms with Crippen molar-refractivity contribution in [2.24, 2.45) is 0 Å². The van der Waals surface area contributed by atoms with E-state index in [1.54, 1.807) is 0 Å². The van der Waals surface area contributed by atoms with Crippen LogP contribution in [0, 0.1) is 0 Å². The summed E-state index contributed by atoms with van der Waals surface area (Å²) < 4.78 is 20.5. The minimum Gasteiger partial charge on any atom is -0.691 e. The van der Waals surface area contributed by atoms with Crippen LogP contribution < -0.4 is 0 Å². The molecular weight excluding hydrogens is 438 g/mol. The Bertz CT molecular complexity index is 321. The Hall–Kier alpha value is 2.36. The fourth-order valence-corrected chi connectivity index (χ4v) is 6.01. The first kappa shape index (κ1) is 28.2. The van der Waals surface area contributed by atoms with Gasteiger partial charge in [0.25, 0.3) is 0 Å². The summed E-state index contributed by atoms with van der Waals surface area (Å²) >= 11 is 19.6. The summed E-state index contributed by atoms with van der Waals surface area (Å²) in [5.74, 6) is 0. The van der Waals surface area contributed by atoms with Crippen LogP contribution in [0.4, 0.5) is 0 Å². The van der Waals surface area contributed by atoms with Crippen LogP contribution in [0.15, 0.2) is 0 Å². The Morgan fingerprint density at radius 2 is 1.10 bits per heavy atom. The first-order valence-electron chi connectivity index (χ1n) is 6.23. The van der Waals surface area contributed by atoms with Crippen LogP contribution in [0.5, 0.6) is 0 Å². The van der Waals surface area contributed by atoms with Crippen LogP contribution in [-0.2, 0) is 83.3 Å². The van der Waals surface area contributed by atoms with E-state index in [1.165, 1.54) is 0 Å². The predicted octanol–water partition coefficient (Wildman–Crippen LogP) is 4.44. The fraction of sp³-hybridized carbons (Fsp3) is 1.00. The van der Waals surface area contributed by atoms with Gasteiger partial charge in [-0.15, -0.1) is 0 Å². The van der Waals surface area contributed by atoms with Gasteiger partial charge in [-0.2, -0.15) is 0 Å². The van der Waals surface area contributed by atoms with Gasteiger partial charge in [0.15, 0.2) is 0 Å². The Balaban J connectivity index is -0.000000300. The summed E-state index contributed by atoms with van der Waals surface area (Å²) in [6, 6.07) is 0. The van der Waals surface area contributed by atoms with Crippen molar-refractivity contribution in [1.82, 2.24) is 0 Å².